The molecule has 0 radical (unpaired) electrons. The van der Waals surface area contributed by atoms with E-state index in [1.807, 2.05) is 33.2 Å². The van der Waals surface area contributed by atoms with Gasteiger partial charge in [-0.25, -0.2) is 0 Å². The lowest BCUT2D eigenvalue weighted by molar-refractivity contribution is -0.330. The van der Waals surface area contributed by atoms with Crippen molar-refractivity contribution in [1.82, 2.24) is 4.90 Å². The molecule has 1 N–H and O–H groups in total. The van der Waals surface area contributed by atoms with Crippen LogP contribution in [0.2, 0.25) is 0 Å². The van der Waals surface area contributed by atoms with Gasteiger partial charge in [0.2, 0.25) is 12.5 Å². The molecule has 3 fully saturated rings. The Labute approximate surface area is 249 Å². The minimum Gasteiger partial charge on any atom is -0.502 e. The van der Waals surface area contributed by atoms with Crippen LogP contribution in [0.3, 0.4) is 0 Å². The van der Waals surface area contributed by atoms with Gasteiger partial charge in [0.25, 0.3) is 0 Å². The molecule has 43 heavy (non-hydrogen) atoms. The highest BCUT2D eigenvalue weighted by Crippen LogP contribution is 2.57. The predicted molar refractivity (Wildman–Crippen MR) is 148 cm³/mol. The van der Waals surface area contributed by atoms with Crippen molar-refractivity contribution in [1.29, 1.82) is 0 Å². The highest BCUT2D eigenvalue weighted by molar-refractivity contribution is 5.79. The molecule has 0 bridgehead atoms. The number of hydrogen-bond acceptors (Lipinski definition) is 12. The van der Waals surface area contributed by atoms with Crippen LogP contribution in [0.1, 0.15) is 42.1 Å². The summed E-state index contributed by atoms with van der Waals surface area (Å²) in [5.41, 5.74) is 2.42. The largest absolute Gasteiger partial charge is 0.502 e. The van der Waals surface area contributed by atoms with Crippen LogP contribution in [-0.2, 0) is 28.5 Å². The maximum Gasteiger partial charge on any atom is 0.310 e. The van der Waals surface area contributed by atoms with Gasteiger partial charge >= 0.3 is 5.97 Å². The summed E-state index contributed by atoms with van der Waals surface area (Å²) in [7, 11) is 6.99. The quantitative estimate of drug-likeness (QED) is 0.491. The molecule has 9 atom stereocenters. The van der Waals surface area contributed by atoms with Gasteiger partial charge in [0, 0.05) is 24.3 Å². The molecule has 0 amide bonds. The average molecular weight is 600 g/mol. The first kappa shape index (κ1) is 28.5. The molecule has 12 nitrogen and oxygen atoms in total. The molecule has 4 aliphatic heterocycles. The molecule has 3 saturated heterocycles. The van der Waals surface area contributed by atoms with Gasteiger partial charge in [-0.1, -0.05) is 0 Å². The molecule has 2 aromatic carbocycles. The summed E-state index contributed by atoms with van der Waals surface area (Å²) in [5.74, 6) is -0.135. The highest BCUT2D eigenvalue weighted by atomic mass is 16.7. The third-order valence-corrected chi connectivity index (χ3v) is 9.29. The van der Waals surface area contributed by atoms with E-state index in [9.17, 15) is 9.90 Å². The Morgan fingerprint density at radius 2 is 1.63 bits per heavy atom. The highest BCUT2D eigenvalue weighted by Gasteiger charge is 2.55. The lowest BCUT2D eigenvalue weighted by atomic mass is 9.66. The van der Waals surface area contributed by atoms with Crippen molar-refractivity contribution in [3.05, 3.63) is 41.0 Å². The SMILES string of the molecule is COc1cc([C@@H]2c3cc4c(cc3[C@@H](O[C@H]3C[C@H](N(C)C)[C@@H]5O[C@H](C)OC[C@H]5O3)[C@H]3COC(=O)[C@H]23)OCO4)cc(OC)c1O. The number of benzene rings is 2. The summed E-state index contributed by atoms with van der Waals surface area (Å²) in [4.78, 5) is 15.6. The fourth-order valence-corrected chi connectivity index (χ4v) is 7.25. The molecule has 7 rings (SSSR count). The number of nitrogens with zero attached hydrogens (tertiary/aromatic N) is 1. The zero-order chi connectivity index (χ0) is 30.0. The Morgan fingerprint density at radius 1 is 0.930 bits per heavy atom. The lowest BCUT2D eigenvalue weighted by Crippen LogP contribution is -2.60. The van der Waals surface area contributed by atoms with E-state index in [2.05, 4.69) is 4.90 Å². The van der Waals surface area contributed by atoms with Crippen molar-refractivity contribution in [2.75, 3.05) is 48.3 Å². The number of carbonyl (C=O) groups excluding carboxylic acids is 1. The summed E-state index contributed by atoms with van der Waals surface area (Å²) >= 11 is 0. The molecule has 5 aliphatic rings. The summed E-state index contributed by atoms with van der Waals surface area (Å²) in [6.07, 6.45) is -1.32. The second-order valence-corrected chi connectivity index (χ2v) is 11.8. The zero-order valence-electron chi connectivity index (χ0n) is 24.8. The van der Waals surface area contributed by atoms with Gasteiger partial charge in [-0.05, 0) is 62.0 Å². The number of likely N-dealkylation sites (N-methyl/N-ethyl adjacent to an activating group) is 1. The molecule has 0 aromatic heterocycles. The number of cyclic esters (lactones) is 1. The van der Waals surface area contributed by atoms with E-state index in [-0.39, 0.29) is 67.1 Å². The monoisotopic (exact) mass is 599 g/mol. The first-order valence-electron chi connectivity index (χ1n) is 14.6. The van der Waals surface area contributed by atoms with Crippen LogP contribution < -0.4 is 18.9 Å². The van der Waals surface area contributed by atoms with Crippen LogP contribution in [0, 0.1) is 11.8 Å². The normalized spacial score (nSPS) is 34.3. The number of carbonyl (C=O) groups is 1. The molecular weight excluding hydrogens is 562 g/mol. The topological polar surface area (TPSA) is 124 Å². The van der Waals surface area contributed by atoms with E-state index in [4.69, 9.17) is 42.6 Å². The minimum absolute atomic E-state index is 0.0387. The van der Waals surface area contributed by atoms with Gasteiger partial charge in [0.15, 0.2) is 35.6 Å². The number of phenolic OH excluding ortho intramolecular Hbond substituents is 1. The Morgan fingerprint density at radius 3 is 2.30 bits per heavy atom. The van der Waals surface area contributed by atoms with Gasteiger partial charge in [0.1, 0.15) is 12.2 Å². The van der Waals surface area contributed by atoms with Gasteiger partial charge in [-0.15, -0.1) is 0 Å². The summed E-state index contributed by atoms with van der Waals surface area (Å²) < 4.78 is 53.4. The van der Waals surface area contributed by atoms with Crippen LogP contribution in [0.15, 0.2) is 24.3 Å². The van der Waals surface area contributed by atoms with Gasteiger partial charge < -0.3 is 52.6 Å². The van der Waals surface area contributed by atoms with Crippen LogP contribution in [0.4, 0.5) is 0 Å². The summed E-state index contributed by atoms with van der Waals surface area (Å²) in [5, 5.41) is 10.6. The number of ether oxygens (including phenoxy) is 9. The van der Waals surface area contributed by atoms with E-state index >= 15 is 0 Å². The van der Waals surface area contributed by atoms with Crippen LogP contribution in [0.25, 0.3) is 0 Å². The Kier molecular flexibility index (Phi) is 7.29. The second kappa shape index (κ2) is 11.0. The molecule has 0 saturated carbocycles. The van der Waals surface area contributed by atoms with E-state index in [1.54, 1.807) is 12.1 Å². The lowest BCUT2D eigenvalue weighted by Gasteiger charge is -2.48. The van der Waals surface area contributed by atoms with E-state index in [0.29, 0.717) is 24.5 Å². The molecule has 4 heterocycles. The van der Waals surface area contributed by atoms with Crippen molar-refractivity contribution >= 4 is 5.97 Å². The number of phenols is 1. The fourth-order valence-electron chi connectivity index (χ4n) is 7.25. The van der Waals surface area contributed by atoms with E-state index in [1.165, 1.54) is 14.2 Å². The Balaban J connectivity index is 1.30. The van der Waals surface area contributed by atoms with Crippen molar-refractivity contribution in [3.63, 3.8) is 0 Å². The van der Waals surface area contributed by atoms with Crippen molar-refractivity contribution in [2.24, 2.45) is 11.8 Å². The molecule has 232 valence electrons. The summed E-state index contributed by atoms with van der Waals surface area (Å²) in [6, 6.07) is 7.36. The maximum atomic E-state index is 13.5. The maximum absolute atomic E-state index is 13.5. The summed E-state index contributed by atoms with van der Waals surface area (Å²) in [6.45, 7) is 2.57. The third kappa shape index (κ3) is 4.76. The smallest absolute Gasteiger partial charge is 0.310 e. The van der Waals surface area contributed by atoms with E-state index < -0.39 is 24.2 Å². The fraction of sp³-hybridized carbons (Fsp3) is 0.581. The van der Waals surface area contributed by atoms with Gasteiger partial charge in [0.05, 0.1) is 39.5 Å². The Hall–Kier alpha value is -3.29. The molecule has 0 unspecified atom stereocenters. The van der Waals surface area contributed by atoms with Crippen LogP contribution in [-0.4, -0.2) is 95.1 Å². The van der Waals surface area contributed by atoms with Crippen molar-refractivity contribution in [2.45, 2.75) is 56.2 Å². The predicted octanol–water partition coefficient (Wildman–Crippen LogP) is 2.94. The van der Waals surface area contributed by atoms with E-state index in [0.717, 1.165) is 16.7 Å². The van der Waals surface area contributed by atoms with Gasteiger partial charge in [-0.3, -0.25) is 4.79 Å². The van der Waals surface area contributed by atoms with Crippen molar-refractivity contribution < 1.29 is 52.5 Å². The number of aromatic hydroxyl groups is 1. The van der Waals surface area contributed by atoms with Crippen molar-refractivity contribution in [3.8, 4) is 28.7 Å². The number of hydrogen-bond donors (Lipinski definition) is 1. The molecule has 0 spiro atoms. The number of esters is 1. The average Bonchev–Trinajstić information content (AvgIpc) is 3.62. The van der Waals surface area contributed by atoms with Crippen LogP contribution >= 0.6 is 0 Å². The minimum atomic E-state index is -0.584. The molecular formula is C31H37NO11. The first-order chi connectivity index (χ1) is 20.8. The van der Waals surface area contributed by atoms with Gasteiger partial charge in [-0.2, -0.15) is 0 Å². The molecule has 1 aliphatic carbocycles. The third-order valence-electron chi connectivity index (χ3n) is 9.29. The molecule has 2 aromatic rings. The Bertz CT molecular complexity index is 1370. The number of methoxy groups -OCH3 is 2. The molecule has 12 heteroatoms. The second-order valence-electron chi connectivity index (χ2n) is 11.8. The number of rotatable bonds is 6. The standard InChI is InChI=1S/C31H37NO11/c1-14-37-12-24-30(41-14)19(32(2)3)10-25(42-24)43-29-17-9-21-20(39-13-40-21)8-16(17)26(27-18(29)11-38-31(27)34)15-6-22(35-4)28(33)23(7-15)36-5/h6-9,14,18-19,24-27,29-30,33H,10-13H2,1-5H3/t14-,18+,19+,24-,25+,26-,27+,29-,30+/m1/s1. The van der Waals surface area contributed by atoms with Crippen LogP contribution in [0.5, 0.6) is 28.7 Å². The number of fused-ring (bicyclic) bond motifs is 4. The first-order valence-corrected chi connectivity index (χ1v) is 14.6. The zero-order valence-corrected chi connectivity index (χ0v) is 24.8.